The molecule has 1 aromatic rings. The molecule has 3 atom stereocenters. The second-order valence-corrected chi connectivity index (χ2v) is 7.20. The second-order valence-electron chi connectivity index (χ2n) is 6.20. The molecule has 3 fully saturated rings. The molecule has 25 heavy (non-hydrogen) atoms. The van der Waals surface area contributed by atoms with Crippen molar-refractivity contribution in [1.29, 1.82) is 0 Å². The molecule has 3 N–H and O–H groups in total. The van der Waals surface area contributed by atoms with Gasteiger partial charge < -0.3 is 20.0 Å². The van der Waals surface area contributed by atoms with Gasteiger partial charge in [0.25, 0.3) is 0 Å². The highest BCUT2D eigenvalue weighted by molar-refractivity contribution is 7.80. The summed E-state index contributed by atoms with van der Waals surface area (Å²) in [6.07, 6.45) is 1.02. The van der Waals surface area contributed by atoms with Crippen LogP contribution < -0.4 is 10.6 Å². The normalized spacial score (nSPS) is 30.1. The van der Waals surface area contributed by atoms with Crippen molar-refractivity contribution in [2.45, 2.75) is 31.0 Å². The zero-order valence-corrected chi connectivity index (χ0v) is 14.0. The predicted octanol–water partition coefficient (Wildman–Crippen LogP) is -1.02. The lowest BCUT2D eigenvalue weighted by molar-refractivity contribution is -0.0317. The molecular formula is C12H18N6O6S. The minimum Gasteiger partial charge on any atom is -0.421 e. The van der Waals surface area contributed by atoms with Crippen molar-refractivity contribution in [2.75, 3.05) is 26.2 Å². The molecule has 1 aromatic heterocycles. The number of aromatic nitrogens is 2. The largest absolute Gasteiger partial charge is 0.421 e. The molecule has 3 saturated heterocycles. The molecule has 4 rings (SSSR count). The van der Waals surface area contributed by atoms with Gasteiger partial charge in [0.05, 0.1) is 12.1 Å². The molecule has 0 aromatic carbocycles. The minimum atomic E-state index is -4.76. The van der Waals surface area contributed by atoms with Crippen LogP contribution in [0.3, 0.4) is 0 Å². The van der Waals surface area contributed by atoms with E-state index in [1.54, 1.807) is 0 Å². The third-order valence-electron chi connectivity index (χ3n) is 4.58. The van der Waals surface area contributed by atoms with Crippen molar-refractivity contribution in [2.24, 2.45) is 0 Å². The highest BCUT2D eigenvalue weighted by Gasteiger charge is 2.49. The van der Waals surface area contributed by atoms with Crippen molar-refractivity contribution in [1.82, 2.24) is 30.8 Å². The van der Waals surface area contributed by atoms with Crippen molar-refractivity contribution in [3.05, 3.63) is 11.8 Å². The number of carbonyl (C=O) groups is 1. The van der Waals surface area contributed by atoms with E-state index >= 15 is 0 Å². The first kappa shape index (κ1) is 16.7. The number of carbonyl (C=O) groups excluding carboxylic acids is 1. The molecule has 0 unspecified atom stereocenters. The first-order valence-corrected chi connectivity index (χ1v) is 9.33. The standard InChI is InChI=1S/C12H18N6O6S/c19-12-17-6-7(18(12)24-25(20,21)22)1-2-9(17)11-16-15-10(23-11)8-5-13-3-4-14-8/h7-9,13-14H,1-6H2,(H,20,21,22)/t7-,8-,9+/m1/s1. The zero-order chi connectivity index (χ0) is 17.6. The Kier molecular flexibility index (Phi) is 4.11. The van der Waals surface area contributed by atoms with Crippen LogP contribution in [0.1, 0.15) is 36.7 Å². The van der Waals surface area contributed by atoms with Crippen LogP contribution in [0, 0.1) is 0 Å². The first-order valence-electron chi connectivity index (χ1n) is 7.96. The summed E-state index contributed by atoms with van der Waals surface area (Å²) < 4.78 is 40.8. The van der Waals surface area contributed by atoms with Crippen molar-refractivity contribution in [3.8, 4) is 0 Å². The van der Waals surface area contributed by atoms with E-state index in [9.17, 15) is 13.2 Å². The Hall–Kier alpha value is -1.80. The first-order chi connectivity index (χ1) is 11.9. The summed E-state index contributed by atoms with van der Waals surface area (Å²) in [4.78, 5) is 13.8. The van der Waals surface area contributed by atoms with Gasteiger partial charge in [0.2, 0.25) is 11.8 Å². The number of fused-ring (bicyclic) bond motifs is 2. The van der Waals surface area contributed by atoms with Crippen molar-refractivity contribution < 1.29 is 26.5 Å². The Bertz CT molecular complexity index is 762. The van der Waals surface area contributed by atoms with Crippen molar-refractivity contribution >= 4 is 16.4 Å². The summed E-state index contributed by atoms with van der Waals surface area (Å²) in [5, 5.41) is 15.3. The number of piperidine rings is 1. The SMILES string of the molecule is O=C1N2C[C@@H](CC[C@H]2c2nnc([C@H]3CNCCN3)o2)N1OS(=O)(=O)O. The number of hydroxylamine groups is 2. The van der Waals surface area contributed by atoms with Crippen LogP contribution in [0.4, 0.5) is 4.79 Å². The maximum Gasteiger partial charge on any atom is 0.418 e. The van der Waals surface area contributed by atoms with E-state index in [0.717, 1.165) is 13.1 Å². The van der Waals surface area contributed by atoms with Gasteiger partial charge in [-0.3, -0.25) is 4.55 Å². The van der Waals surface area contributed by atoms with Gasteiger partial charge >= 0.3 is 16.4 Å². The molecule has 3 aliphatic heterocycles. The van der Waals surface area contributed by atoms with Crippen molar-refractivity contribution in [3.63, 3.8) is 0 Å². The molecule has 0 aliphatic carbocycles. The molecule has 3 aliphatic rings. The summed E-state index contributed by atoms with van der Waals surface area (Å²) in [6.45, 7) is 2.60. The molecule has 13 heteroatoms. The lowest BCUT2D eigenvalue weighted by Gasteiger charge is -2.27. The number of hydrogen-bond acceptors (Lipinski definition) is 9. The van der Waals surface area contributed by atoms with E-state index in [1.165, 1.54) is 4.90 Å². The molecular weight excluding hydrogens is 356 g/mol. The topological polar surface area (TPSA) is 150 Å². The Morgan fingerprint density at radius 2 is 2.04 bits per heavy atom. The van der Waals surface area contributed by atoms with Gasteiger partial charge in [-0.25, -0.2) is 4.79 Å². The van der Waals surface area contributed by atoms with Crippen LogP contribution in [0.5, 0.6) is 0 Å². The molecule has 12 nitrogen and oxygen atoms in total. The van der Waals surface area contributed by atoms with Gasteiger partial charge in [-0.15, -0.1) is 14.5 Å². The van der Waals surface area contributed by atoms with E-state index in [4.69, 9.17) is 8.97 Å². The van der Waals surface area contributed by atoms with Gasteiger partial charge in [-0.05, 0) is 12.8 Å². The molecule has 2 amide bonds. The highest BCUT2D eigenvalue weighted by atomic mass is 32.3. The monoisotopic (exact) mass is 374 g/mol. The summed E-state index contributed by atoms with van der Waals surface area (Å²) >= 11 is 0. The van der Waals surface area contributed by atoms with E-state index in [2.05, 4.69) is 25.1 Å². The number of hydrogen-bond donors (Lipinski definition) is 3. The average molecular weight is 374 g/mol. The third-order valence-corrected chi connectivity index (χ3v) is 4.93. The Balaban J connectivity index is 1.51. The zero-order valence-electron chi connectivity index (χ0n) is 13.2. The number of nitrogens with one attached hydrogen (secondary N) is 2. The van der Waals surface area contributed by atoms with E-state index < -0.39 is 28.5 Å². The fourth-order valence-electron chi connectivity index (χ4n) is 3.44. The number of nitrogens with zero attached hydrogens (tertiary/aromatic N) is 4. The van der Waals surface area contributed by atoms with Gasteiger partial charge in [0.1, 0.15) is 6.04 Å². The van der Waals surface area contributed by atoms with Crippen LogP contribution in [0.2, 0.25) is 0 Å². The lowest BCUT2D eigenvalue weighted by atomic mass is 10.0. The maximum atomic E-state index is 12.4. The average Bonchev–Trinajstić information content (AvgIpc) is 3.16. The van der Waals surface area contributed by atoms with Gasteiger partial charge in [-0.1, -0.05) is 0 Å². The summed E-state index contributed by atoms with van der Waals surface area (Å²) in [5.41, 5.74) is 0. The Morgan fingerprint density at radius 1 is 1.24 bits per heavy atom. The lowest BCUT2D eigenvalue weighted by Crippen LogP contribution is -2.42. The Morgan fingerprint density at radius 3 is 2.76 bits per heavy atom. The van der Waals surface area contributed by atoms with Crippen LogP contribution in [-0.2, 0) is 14.7 Å². The summed E-state index contributed by atoms with van der Waals surface area (Å²) in [6, 6.07) is -1.63. The Labute approximate surface area is 143 Å². The molecule has 138 valence electrons. The number of rotatable bonds is 4. The molecule has 2 bridgehead atoms. The summed E-state index contributed by atoms with van der Waals surface area (Å²) in [5.74, 6) is 0.755. The van der Waals surface area contributed by atoms with Crippen LogP contribution in [0.25, 0.3) is 0 Å². The number of piperazine rings is 1. The second kappa shape index (κ2) is 6.17. The minimum absolute atomic E-state index is 0.0833. The molecule has 4 heterocycles. The third kappa shape index (κ3) is 3.20. The van der Waals surface area contributed by atoms with E-state index in [1.807, 2.05) is 0 Å². The number of amides is 2. The maximum absolute atomic E-state index is 12.4. The molecule has 0 radical (unpaired) electrons. The van der Waals surface area contributed by atoms with Crippen LogP contribution in [0.15, 0.2) is 4.42 Å². The van der Waals surface area contributed by atoms with Gasteiger partial charge in [0, 0.05) is 26.2 Å². The van der Waals surface area contributed by atoms with Gasteiger partial charge in [-0.2, -0.15) is 13.5 Å². The van der Waals surface area contributed by atoms with Crippen LogP contribution in [-0.4, -0.2) is 71.4 Å². The van der Waals surface area contributed by atoms with Crippen LogP contribution >= 0.6 is 0 Å². The quantitative estimate of drug-likeness (QED) is 0.559. The highest BCUT2D eigenvalue weighted by Crippen LogP contribution is 2.38. The van der Waals surface area contributed by atoms with E-state index in [0.29, 0.717) is 36.2 Å². The van der Waals surface area contributed by atoms with Gasteiger partial charge in [0.15, 0.2) is 0 Å². The fraction of sp³-hybridized carbons (Fsp3) is 0.750. The molecule has 0 spiro atoms. The number of urea groups is 1. The smallest absolute Gasteiger partial charge is 0.418 e. The van der Waals surface area contributed by atoms with E-state index in [-0.39, 0.29) is 12.6 Å². The predicted molar refractivity (Wildman–Crippen MR) is 80.2 cm³/mol. The summed E-state index contributed by atoms with van der Waals surface area (Å²) in [7, 11) is -4.76. The molecule has 0 saturated carbocycles. The fourth-order valence-corrected chi connectivity index (χ4v) is 3.83.